The average molecular weight is 363 g/mol. The van der Waals surface area contributed by atoms with Crippen LogP contribution < -0.4 is 14.5 Å². The number of carbonyl (C=O) groups excluding carboxylic acids is 1. The van der Waals surface area contributed by atoms with Gasteiger partial charge in [0.25, 0.3) is 6.01 Å². The predicted molar refractivity (Wildman–Crippen MR) is 103 cm³/mol. The van der Waals surface area contributed by atoms with E-state index in [4.69, 9.17) is 9.15 Å². The van der Waals surface area contributed by atoms with Crippen LogP contribution in [0.15, 0.2) is 52.9 Å². The highest BCUT2D eigenvalue weighted by Gasteiger charge is 2.32. The Morgan fingerprint density at radius 2 is 1.78 bits per heavy atom. The van der Waals surface area contributed by atoms with Gasteiger partial charge in [0, 0.05) is 19.0 Å². The number of hydrogen-bond acceptors (Lipinski definition) is 5. The molecule has 6 heteroatoms. The number of aromatic nitrogens is 1. The minimum Gasteiger partial charge on any atom is -0.490 e. The maximum Gasteiger partial charge on any atom is 0.298 e. The predicted octanol–water partition coefficient (Wildman–Crippen LogP) is 3.47. The third-order valence-corrected chi connectivity index (χ3v) is 5.39. The van der Waals surface area contributed by atoms with Crippen molar-refractivity contribution in [2.24, 2.45) is 5.92 Å². The maximum absolute atomic E-state index is 13.1. The molecule has 1 fully saturated rings. The van der Waals surface area contributed by atoms with Gasteiger partial charge in [0.1, 0.15) is 17.9 Å². The number of para-hydroxylation sites is 4. The van der Waals surface area contributed by atoms with Crippen molar-refractivity contribution in [3.05, 3.63) is 48.5 Å². The van der Waals surface area contributed by atoms with Crippen LogP contribution in [0.5, 0.6) is 5.75 Å². The first kappa shape index (κ1) is 16.2. The van der Waals surface area contributed by atoms with Gasteiger partial charge in [-0.05, 0) is 37.1 Å². The van der Waals surface area contributed by atoms with Crippen molar-refractivity contribution >= 4 is 28.7 Å². The minimum atomic E-state index is 0.0248. The Kier molecular flexibility index (Phi) is 3.96. The van der Waals surface area contributed by atoms with E-state index in [0.29, 0.717) is 19.2 Å². The van der Waals surface area contributed by atoms with E-state index < -0.39 is 0 Å². The summed E-state index contributed by atoms with van der Waals surface area (Å²) in [5, 5.41) is 0. The molecular formula is C21H21N3O3. The molecule has 0 aliphatic carbocycles. The van der Waals surface area contributed by atoms with Crippen LogP contribution in [0.2, 0.25) is 0 Å². The van der Waals surface area contributed by atoms with Crippen LogP contribution in [-0.2, 0) is 4.79 Å². The summed E-state index contributed by atoms with van der Waals surface area (Å²) in [5.41, 5.74) is 2.56. The Morgan fingerprint density at radius 1 is 1.00 bits per heavy atom. The molecule has 0 bridgehead atoms. The normalized spacial score (nSPS) is 17.6. The molecule has 0 radical (unpaired) electrons. The second-order valence-electron chi connectivity index (χ2n) is 7.03. The first-order valence-corrected chi connectivity index (χ1v) is 9.43. The quantitative estimate of drug-likeness (QED) is 0.698. The van der Waals surface area contributed by atoms with Crippen molar-refractivity contribution in [1.29, 1.82) is 0 Å². The molecule has 5 rings (SSSR count). The van der Waals surface area contributed by atoms with E-state index in [0.717, 1.165) is 48.5 Å². The van der Waals surface area contributed by atoms with Gasteiger partial charge in [-0.3, -0.25) is 4.79 Å². The minimum absolute atomic E-state index is 0.0248. The van der Waals surface area contributed by atoms with E-state index in [1.807, 2.05) is 53.4 Å². The molecule has 0 spiro atoms. The van der Waals surface area contributed by atoms with Gasteiger partial charge in [-0.15, -0.1) is 0 Å². The van der Waals surface area contributed by atoms with Crippen molar-refractivity contribution in [2.75, 3.05) is 36.0 Å². The Bertz CT molecular complexity index is 942. The van der Waals surface area contributed by atoms with E-state index in [1.54, 1.807) is 0 Å². The molecule has 2 aliphatic heterocycles. The lowest BCUT2D eigenvalue weighted by atomic mass is 9.95. The molecule has 3 heterocycles. The standard InChI is InChI=1S/C21H21N3O3/c25-20(24-13-14-26-19-8-4-2-6-17(19)24)15-9-11-23(12-10-15)21-22-16-5-1-3-7-18(16)27-21/h1-8,15H,9-14H2. The van der Waals surface area contributed by atoms with E-state index >= 15 is 0 Å². The van der Waals surface area contributed by atoms with Crippen LogP contribution in [0, 0.1) is 5.92 Å². The number of rotatable bonds is 2. The van der Waals surface area contributed by atoms with E-state index in [1.165, 1.54) is 0 Å². The number of ether oxygens (including phenoxy) is 1. The van der Waals surface area contributed by atoms with Crippen LogP contribution in [0.3, 0.4) is 0 Å². The SMILES string of the molecule is O=C(C1CCN(c2nc3ccccc3o2)CC1)N1CCOc2ccccc21. The molecule has 6 nitrogen and oxygen atoms in total. The Balaban J connectivity index is 1.28. The Labute approximate surface area is 157 Å². The monoisotopic (exact) mass is 363 g/mol. The molecule has 2 aliphatic rings. The fourth-order valence-electron chi connectivity index (χ4n) is 3.93. The number of benzene rings is 2. The third kappa shape index (κ3) is 2.91. The number of oxazole rings is 1. The van der Waals surface area contributed by atoms with E-state index in [2.05, 4.69) is 9.88 Å². The first-order valence-electron chi connectivity index (χ1n) is 9.43. The van der Waals surface area contributed by atoms with Gasteiger partial charge in [0.2, 0.25) is 5.91 Å². The lowest BCUT2D eigenvalue weighted by Crippen LogP contribution is -2.45. The molecule has 2 aromatic carbocycles. The molecule has 0 atom stereocenters. The summed E-state index contributed by atoms with van der Waals surface area (Å²) in [6.45, 7) is 2.70. The summed E-state index contributed by atoms with van der Waals surface area (Å²) in [4.78, 5) is 21.7. The highest BCUT2D eigenvalue weighted by molar-refractivity contribution is 5.97. The summed E-state index contributed by atoms with van der Waals surface area (Å²) in [7, 11) is 0. The summed E-state index contributed by atoms with van der Waals surface area (Å²) >= 11 is 0. The smallest absolute Gasteiger partial charge is 0.298 e. The van der Waals surface area contributed by atoms with Crippen LogP contribution in [-0.4, -0.2) is 37.1 Å². The molecule has 1 aromatic heterocycles. The molecule has 27 heavy (non-hydrogen) atoms. The summed E-state index contributed by atoms with van der Waals surface area (Å²) in [6, 6.07) is 16.2. The van der Waals surface area contributed by atoms with Crippen molar-refractivity contribution in [3.8, 4) is 5.75 Å². The second kappa shape index (κ2) is 6.61. The fourth-order valence-corrected chi connectivity index (χ4v) is 3.93. The molecule has 138 valence electrons. The van der Waals surface area contributed by atoms with Crippen molar-refractivity contribution in [3.63, 3.8) is 0 Å². The number of nitrogens with zero attached hydrogens (tertiary/aromatic N) is 3. The van der Waals surface area contributed by atoms with E-state index in [9.17, 15) is 4.79 Å². The summed E-state index contributed by atoms with van der Waals surface area (Å²) in [5.74, 6) is 1.01. The van der Waals surface area contributed by atoms with Crippen molar-refractivity contribution < 1.29 is 13.9 Å². The third-order valence-electron chi connectivity index (χ3n) is 5.39. The van der Waals surface area contributed by atoms with Crippen molar-refractivity contribution in [1.82, 2.24) is 4.98 Å². The van der Waals surface area contributed by atoms with Crippen LogP contribution in [0.4, 0.5) is 11.7 Å². The number of piperidine rings is 1. The number of carbonyl (C=O) groups is 1. The molecular weight excluding hydrogens is 342 g/mol. The van der Waals surface area contributed by atoms with Gasteiger partial charge in [-0.2, -0.15) is 4.98 Å². The van der Waals surface area contributed by atoms with Gasteiger partial charge in [-0.25, -0.2) is 0 Å². The highest BCUT2D eigenvalue weighted by atomic mass is 16.5. The zero-order chi connectivity index (χ0) is 18.2. The topological polar surface area (TPSA) is 58.8 Å². The molecule has 0 N–H and O–H groups in total. The molecule has 1 amide bonds. The Hall–Kier alpha value is -3.02. The number of fused-ring (bicyclic) bond motifs is 2. The van der Waals surface area contributed by atoms with Gasteiger partial charge in [0.05, 0.1) is 12.2 Å². The molecule has 1 saturated heterocycles. The highest BCUT2D eigenvalue weighted by Crippen LogP contribution is 2.34. The lowest BCUT2D eigenvalue weighted by Gasteiger charge is -2.35. The van der Waals surface area contributed by atoms with Crippen molar-refractivity contribution in [2.45, 2.75) is 12.8 Å². The summed E-state index contributed by atoms with van der Waals surface area (Å²) in [6.07, 6.45) is 1.61. The number of amides is 1. The van der Waals surface area contributed by atoms with Crippen LogP contribution >= 0.6 is 0 Å². The number of anilines is 2. The number of hydrogen-bond donors (Lipinski definition) is 0. The summed E-state index contributed by atoms with van der Waals surface area (Å²) < 4.78 is 11.5. The molecule has 0 saturated carbocycles. The average Bonchev–Trinajstić information content (AvgIpc) is 3.17. The van der Waals surface area contributed by atoms with Crippen LogP contribution in [0.25, 0.3) is 11.1 Å². The Morgan fingerprint density at radius 3 is 2.63 bits per heavy atom. The maximum atomic E-state index is 13.1. The van der Waals surface area contributed by atoms with Gasteiger partial charge >= 0.3 is 0 Å². The van der Waals surface area contributed by atoms with E-state index in [-0.39, 0.29) is 11.8 Å². The lowest BCUT2D eigenvalue weighted by molar-refractivity contribution is -0.123. The van der Waals surface area contributed by atoms with Gasteiger partial charge < -0.3 is 19.0 Å². The molecule has 3 aromatic rings. The first-order chi connectivity index (χ1) is 13.3. The van der Waals surface area contributed by atoms with Gasteiger partial charge in [0.15, 0.2) is 5.58 Å². The molecule has 0 unspecified atom stereocenters. The second-order valence-corrected chi connectivity index (χ2v) is 7.03. The van der Waals surface area contributed by atoms with Crippen LogP contribution in [0.1, 0.15) is 12.8 Å². The largest absolute Gasteiger partial charge is 0.490 e. The zero-order valence-electron chi connectivity index (χ0n) is 15.0. The fraction of sp³-hybridized carbons (Fsp3) is 0.333. The zero-order valence-corrected chi connectivity index (χ0v) is 15.0. The van der Waals surface area contributed by atoms with Gasteiger partial charge in [-0.1, -0.05) is 24.3 Å².